The fraction of sp³-hybridized carbons (Fsp3) is 0.364. The summed E-state index contributed by atoms with van der Waals surface area (Å²) in [7, 11) is 1.94. The normalized spacial score (nSPS) is 14.6. The number of carbonyl (C=O) groups excluding carboxylic acids is 1. The minimum atomic E-state index is -2.81. The highest BCUT2D eigenvalue weighted by atomic mass is 32.2. The predicted molar refractivity (Wildman–Crippen MR) is 118 cm³/mol. The third-order valence-electron chi connectivity index (χ3n) is 5.48. The van der Waals surface area contributed by atoms with Crippen LogP contribution in [0.25, 0.3) is 11.5 Å². The average Bonchev–Trinajstić information content (AvgIpc) is 3.31. The van der Waals surface area contributed by atoms with Gasteiger partial charge in [-0.25, -0.2) is 0 Å². The molecular weight excluding hydrogens is 436 g/mol. The van der Waals surface area contributed by atoms with Crippen molar-refractivity contribution < 1.29 is 18.0 Å². The van der Waals surface area contributed by atoms with E-state index < -0.39 is 12.3 Å². The van der Waals surface area contributed by atoms with Crippen LogP contribution in [-0.4, -0.2) is 40.9 Å². The number of nitrogens with zero attached hydrogens (tertiary/aromatic N) is 4. The van der Waals surface area contributed by atoms with Crippen molar-refractivity contribution in [2.75, 3.05) is 25.0 Å². The number of carbonyl (C=O) groups is 1. The highest BCUT2D eigenvalue weighted by molar-refractivity contribution is 8.12. The van der Waals surface area contributed by atoms with E-state index in [1.54, 1.807) is 12.1 Å². The molecule has 0 aliphatic carbocycles. The van der Waals surface area contributed by atoms with Crippen LogP contribution in [0, 0.1) is 0 Å². The molecule has 0 atom stereocenters. The molecule has 10 heteroatoms. The largest absolute Gasteiger partial charge is 0.415 e. The van der Waals surface area contributed by atoms with Gasteiger partial charge in [-0.1, -0.05) is 17.8 Å². The number of alkyl halides is 2. The Hall–Kier alpha value is -2.85. The molecule has 0 unspecified atom stereocenters. The number of benzene rings is 1. The van der Waals surface area contributed by atoms with Gasteiger partial charge in [0.1, 0.15) is 0 Å². The third kappa shape index (κ3) is 5.13. The summed E-state index contributed by atoms with van der Waals surface area (Å²) in [6.45, 7) is 2.53. The zero-order valence-electron chi connectivity index (χ0n) is 17.5. The lowest BCUT2D eigenvalue weighted by Crippen LogP contribution is -2.26. The van der Waals surface area contributed by atoms with Gasteiger partial charge in [-0.3, -0.25) is 9.78 Å². The number of halogens is 2. The van der Waals surface area contributed by atoms with Crippen LogP contribution in [0.15, 0.2) is 45.8 Å². The van der Waals surface area contributed by atoms with Crippen LogP contribution in [0.4, 0.5) is 14.5 Å². The van der Waals surface area contributed by atoms with Gasteiger partial charge in [0.2, 0.25) is 5.89 Å². The van der Waals surface area contributed by atoms with Crippen LogP contribution < -0.4 is 10.2 Å². The summed E-state index contributed by atoms with van der Waals surface area (Å²) in [6.07, 6.45) is 0.898. The molecule has 1 saturated heterocycles. The standard InChI is InChI=1S/C22H23F2N5O2S/c1-29(12-17-4-2-16(11-26-17)21-27-28-22(31-21)20(23)24)18-5-3-15(10-19(18)32-13-30)14-6-8-25-9-7-14/h2-5,10-11,13-14,20,25H,6-9,12H2,1H3. The highest BCUT2D eigenvalue weighted by Crippen LogP contribution is 2.35. The number of anilines is 1. The minimum Gasteiger partial charge on any atom is -0.415 e. The fourth-order valence-corrected chi connectivity index (χ4v) is 4.47. The first-order valence-corrected chi connectivity index (χ1v) is 11.2. The second-order valence-corrected chi connectivity index (χ2v) is 8.47. The maximum atomic E-state index is 12.6. The number of piperidine rings is 1. The van der Waals surface area contributed by atoms with Crippen LogP contribution in [0.5, 0.6) is 0 Å². The van der Waals surface area contributed by atoms with Crippen molar-refractivity contribution in [3.05, 3.63) is 53.7 Å². The Morgan fingerprint density at radius 2 is 2.06 bits per heavy atom. The summed E-state index contributed by atoms with van der Waals surface area (Å²) < 4.78 is 30.2. The second kappa shape index (κ2) is 10.2. The molecule has 0 spiro atoms. The number of nitrogens with one attached hydrogen (secondary N) is 1. The Bertz CT molecular complexity index is 1050. The molecule has 0 amide bonds. The third-order valence-corrected chi connectivity index (χ3v) is 6.16. The SMILES string of the molecule is CN(Cc1ccc(-c2nnc(C(F)F)o2)cn1)c1ccc(C2CCNCC2)cc1SC=O. The van der Waals surface area contributed by atoms with E-state index in [1.165, 1.54) is 23.5 Å². The van der Waals surface area contributed by atoms with Gasteiger partial charge in [-0.2, -0.15) is 8.78 Å². The number of rotatable bonds is 8. The van der Waals surface area contributed by atoms with Gasteiger partial charge in [-0.15, -0.1) is 10.2 Å². The van der Waals surface area contributed by atoms with Crippen LogP contribution in [0.2, 0.25) is 0 Å². The Morgan fingerprint density at radius 1 is 1.25 bits per heavy atom. The fourth-order valence-electron chi connectivity index (χ4n) is 3.81. The van der Waals surface area contributed by atoms with E-state index in [2.05, 4.69) is 38.7 Å². The van der Waals surface area contributed by atoms with E-state index >= 15 is 0 Å². The van der Waals surface area contributed by atoms with Crippen molar-refractivity contribution >= 4 is 23.1 Å². The van der Waals surface area contributed by atoms with Crippen molar-refractivity contribution in [2.45, 2.75) is 36.6 Å². The molecule has 0 bridgehead atoms. The van der Waals surface area contributed by atoms with Gasteiger partial charge in [0, 0.05) is 18.1 Å². The highest BCUT2D eigenvalue weighted by Gasteiger charge is 2.19. The lowest BCUT2D eigenvalue weighted by atomic mass is 9.90. The molecule has 0 radical (unpaired) electrons. The molecule has 1 aliphatic heterocycles. The molecule has 0 saturated carbocycles. The van der Waals surface area contributed by atoms with Gasteiger partial charge in [0.05, 0.1) is 23.5 Å². The summed E-state index contributed by atoms with van der Waals surface area (Å²) in [4.78, 5) is 18.6. The predicted octanol–water partition coefficient (Wildman–Crippen LogP) is 4.45. The Balaban J connectivity index is 1.48. The van der Waals surface area contributed by atoms with E-state index in [0.717, 1.165) is 47.8 Å². The van der Waals surface area contributed by atoms with Crippen LogP contribution in [0.1, 0.15) is 42.3 Å². The molecule has 1 aliphatic rings. The molecule has 3 heterocycles. The van der Waals surface area contributed by atoms with Crippen molar-refractivity contribution in [3.8, 4) is 11.5 Å². The number of aromatic nitrogens is 3. The monoisotopic (exact) mass is 459 g/mol. The zero-order chi connectivity index (χ0) is 22.5. The van der Waals surface area contributed by atoms with Gasteiger partial charge >= 0.3 is 6.43 Å². The Morgan fingerprint density at radius 3 is 2.72 bits per heavy atom. The van der Waals surface area contributed by atoms with Crippen molar-refractivity contribution in [1.29, 1.82) is 0 Å². The number of hydrogen-bond donors (Lipinski definition) is 1. The van der Waals surface area contributed by atoms with Gasteiger partial charge in [-0.05, 0) is 61.7 Å². The minimum absolute atomic E-state index is 0.00544. The Labute approximate surface area is 188 Å². The summed E-state index contributed by atoms with van der Waals surface area (Å²) in [5.74, 6) is -0.200. The van der Waals surface area contributed by atoms with Crippen molar-refractivity contribution in [1.82, 2.24) is 20.5 Å². The molecule has 2 aromatic heterocycles. The Kier molecular flexibility index (Phi) is 7.11. The molecule has 168 valence electrons. The first-order chi connectivity index (χ1) is 15.5. The number of thioether (sulfide) groups is 1. The summed E-state index contributed by atoms with van der Waals surface area (Å²) in [6, 6.07) is 9.81. The molecule has 1 N–H and O–H groups in total. The topological polar surface area (TPSA) is 84.2 Å². The van der Waals surface area contributed by atoms with E-state index in [4.69, 9.17) is 4.42 Å². The van der Waals surface area contributed by atoms with Crippen LogP contribution in [-0.2, 0) is 11.3 Å². The molecule has 4 rings (SSSR count). The average molecular weight is 460 g/mol. The smallest absolute Gasteiger partial charge is 0.314 e. The van der Waals surface area contributed by atoms with Crippen molar-refractivity contribution in [2.24, 2.45) is 0 Å². The van der Waals surface area contributed by atoms with Crippen LogP contribution >= 0.6 is 11.8 Å². The van der Waals surface area contributed by atoms with Gasteiger partial charge < -0.3 is 14.6 Å². The van der Waals surface area contributed by atoms with Crippen LogP contribution in [0.3, 0.4) is 0 Å². The van der Waals surface area contributed by atoms with E-state index in [9.17, 15) is 13.6 Å². The molecule has 7 nitrogen and oxygen atoms in total. The second-order valence-electron chi connectivity index (χ2n) is 7.61. The maximum Gasteiger partial charge on any atom is 0.314 e. The lowest BCUT2D eigenvalue weighted by Gasteiger charge is -2.26. The first kappa shape index (κ1) is 22.3. The van der Waals surface area contributed by atoms with Gasteiger partial charge in [0.25, 0.3) is 5.89 Å². The van der Waals surface area contributed by atoms with E-state index in [1.807, 2.05) is 11.9 Å². The number of hydrogen-bond acceptors (Lipinski definition) is 8. The quantitative estimate of drug-likeness (QED) is 0.391. The lowest BCUT2D eigenvalue weighted by molar-refractivity contribution is 0.116. The molecule has 1 aromatic carbocycles. The summed E-state index contributed by atoms with van der Waals surface area (Å²) in [5.41, 5.74) is 4.31. The molecule has 3 aromatic rings. The number of pyridine rings is 1. The molecule has 32 heavy (non-hydrogen) atoms. The zero-order valence-corrected chi connectivity index (χ0v) is 18.3. The summed E-state index contributed by atoms with van der Waals surface area (Å²) in [5, 5.41) is 10.3. The molecular formula is C22H23F2N5O2S. The van der Waals surface area contributed by atoms with Crippen molar-refractivity contribution in [3.63, 3.8) is 0 Å². The maximum absolute atomic E-state index is 12.6. The molecule has 1 fully saturated rings. The summed E-state index contributed by atoms with van der Waals surface area (Å²) >= 11 is 1.18. The van der Waals surface area contributed by atoms with Gasteiger partial charge in [0.15, 0.2) is 5.62 Å². The van der Waals surface area contributed by atoms with E-state index in [0.29, 0.717) is 18.0 Å². The first-order valence-electron chi connectivity index (χ1n) is 10.3. The van der Waals surface area contributed by atoms with E-state index in [-0.39, 0.29) is 5.89 Å².